The summed E-state index contributed by atoms with van der Waals surface area (Å²) in [7, 11) is 1.68. The highest BCUT2D eigenvalue weighted by Crippen LogP contribution is 2.33. The van der Waals surface area contributed by atoms with Crippen molar-refractivity contribution < 1.29 is 9.47 Å². The van der Waals surface area contributed by atoms with Crippen molar-refractivity contribution in [1.29, 1.82) is 0 Å². The number of fused-ring (bicyclic) bond motifs is 1. The minimum atomic E-state index is 0.354. The number of morpholine rings is 1. The summed E-state index contributed by atoms with van der Waals surface area (Å²) in [5.41, 5.74) is 7.47. The van der Waals surface area contributed by atoms with Gasteiger partial charge in [-0.2, -0.15) is 0 Å². The molecular weight excluding hydrogens is 376 g/mol. The average molecular weight is 409 g/mol. The maximum atomic E-state index is 5.63. The Balaban J connectivity index is 1.68. The zero-order valence-corrected chi connectivity index (χ0v) is 18.7. The molecule has 6 nitrogen and oxygen atoms in total. The molecule has 1 aliphatic heterocycles. The highest BCUT2D eigenvalue weighted by atomic mass is 16.5. The van der Waals surface area contributed by atoms with Crippen LogP contribution in [0.2, 0.25) is 0 Å². The average Bonchev–Trinajstić information content (AvgIpc) is 3.06. The molecule has 160 valence electrons. The molecule has 3 aromatic heterocycles. The fraction of sp³-hybridized carbons (Fsp3) is 0.500. The van der Waals surface area contributed by atoms with Gasteiger partial charge >= 0.3 is 0 Å². The summed E-state index contributed by atoms with van der Waals surface area (Å²) in [6.45, 7) is 14.2. The quantitative estimate of drug-likeness (QED) is 0.612. The van der Waals surface area contributed by atoms with Gasteiger partial charge in [-0.3, -0.25) is 4.90 Å². The van der Waals surface area contributed by atoms with Crippen LogP contribution in [0.15, 0.2) is 24.4 Å². The molecule has 0 radical (unpaired) electrons. The van der Waals surface area contributed by atoms with Crippen LogP contribution in [0.25, 0.3) is 22.3 Å². The largest absolute Gasteiger partial charge is 0.480 e. The number of aryl methyl sites for hydroxylation is 2. The SMILES string of the molecule is COc1nc(C(C)C)ccc1-c1nc2c(C)cn(CCN3CCOCC3)c2cc1C. The van der Waals surface area contributed by atoms with Gasteiger partial charge in [0.15, 0.2) is 0 Å². The molecule has 0 unspecified atom stereocenters. The van der Waals surface area contributed by atoms with Crippen LogP contribution in [-0.2, 0) is 11.3 Å². The van der Waals surface area contributed by atoms with Crippen molar-refractivity contribution in [1.82, 2.24) is 19.4 Å². The molecule has 30 heavy (non-hydrogen) atoms. The van der Waals surface area contributed by atoms with Gasteiger partial charge in [0, 0.05) is 38.1 Å². The van der Waals surface area contributed by atoms with E-state index in [1.807, 2.05) is 0 Å². The molecule has 0 atom stereocenters. The minimum Gasteiger partial charge on any atom is -0.480 e. The molecule has 0 saturated carbocycles. The normalized spacial score (nSPS) is 15.3. The fourth-order valence-electron chi connectivity index (χ4n) is 4.12. The number of nitrogens with zero attached hydrogens (tertiary/aromatic N) is 4. The molecule has 1 aliphatic rings. The number of hydrogen-bond acceptors (Lipinski definition) is 5. The maximum Gasteiger partial charge on any atom is 0.222 e. The van der Waals surface area contributed by atoms with Crippen LogP contribution in [0.1, 0.15) is 36.6 Å². The van der Waals surface area contributed by atoms with Crippen molar-refractivity contribution in [2.75, 3.05) is 40.0 Å². The first-order valence-electron chi connectivity index (χ1n) is 10.8. The summed E-state index contributed by atoms with van der Waals surface area (Å²) in [6, 6.07) is 6.42. The Morgan fingerprint density at radius 1 is 1.07 bits per heavy atom. The Hall–Kier alpha value is -2.44. The first-order chi connectivity index (χ1) is 14.5. The van der Waals surface area contributed by atoms with E-state index in [-0.39, 0.29) is 0 Å². The third-order valence-electron chi connectivity index (χ3n) is 5.91. The van der Waals surface area contributed by atoms with Crippen molar-refractivity contribution in [3.05, 3.63) is 41.2 Å². The Labute approximate surface area is 178 Å². The molecule has 0 aromatic carbocycles. The van der Waals surface area contributed by atoms with Gasteiger partial charge in [-0.25, -0.2) is 9.97 Å². The molecule has 0 aliphatic carbocycles. The van der Waals surface area contributed by atoms with Crippen molar-refractivity contribution in [2.45, 2.75) is 40.2 Å². The minimum absolute atomic E-state index is 0.354. The first kappa shape index (κ1) is 20.8. The predicted molar refractivity (Wildman–Crippen MR) is 120 cm³/mol. The topological polar surface area (TPSA) is 52.4 Å². The zero-order chi connectivity index (χ0) is 21.3. The summed E-state index contributed by atoms with van der Waals surface area (Å²) in [5, 5.41) is 0. The lowest BCUT2D eigenvalue weighted by molar-refractivity contribution is 0.0365. The molecule has 1 saturated heterocycles. The Kier molecular flexibility index (Phi) is 6.06. The fourth-order valence-corrected chi connectivity index (χ4v) is 4.12. The van der Waals surface area contributed by atoms with Crippen LogP contribution in [0.5, 0.6) is 5.88 Å². The summed E-state index contributed by atoms with van der Waals surface area (Å²) in [4.78, 5) is 12.2. The van der Waals surface area contributed by atoms with E-state index >= 15 is 0 Å². The second-order valence-corrected chi connectivity index (χ2v) is 8.43. The number of ether oxygens (including phenoxy) is 2. The molecule has 0 bridgehead atoms. The van der Waals surface area contributed by atoms with E-state index in [0.717, 1.165) is 67.4 Å². The molecule has 4 rings (SSSR count). The van der Waals surface area contributed by atoms with Crippen LogP contribution in [0.4, 0.5) is 0 Å². The number of aromatic nitrogens is 3. The van der Waals surface area contributed by atoms with Gasteiger partial charge in [-0.15, -0.1) is 0 Å². The van der Waals surface area contributed by atoms with Gasteiger partial charge in [0.25, 0.3) is 0 Å². The van der Waals surface area contributed by atoms with Gasteiger partial charge in [0.1, 0.15) is 0 Å². The highest BCUT2D eigenvalue weighted by molar-refractivity contribution is 5.85. The van der Waals surface area contributed by atoms with Crippen molar-refractivity contribution >= 4 is 11.0 Å². The maximum absolute atomic E-state index is 5.63. The second-order valence-electron chi connectivity index (χ2n) is 8.43. The van der Waals surface area contributed by atoms with Gasteiger partial charge in [0.2, 0.25) is 5.88 Å². The van der Waals surface area contributed by atoms with Crippen LogP contribution in [0, 0.1) is 13.8 Å². The van der Waals surface area contributed by atoms with Crippen LogP contribution in [0.3, 0.4) is 0 Å². The number of methoxy groups -OCH3 is 1. The Bertz CT molecular complexity index is 1040. The van der Waals surface area contributed by atoms with Crippen LogP contribution in [-0.4, -0.2) is 59.4 Å². The van der Waals surface area contributed by atoms with E-state index in [2.05, 4.69) is 61.6 Å². The third-order valence-corrected chi connectivity index (χ3v) is 5.91. The van der Waals surface area contributed by atoms with Crippen LogP contribution < -0.4 is 4.74 Å². The molecule has 4 heterocycles. The molecule has 0 N–H and O–H groups in total. The summed E-state index contributed by atoms with van der Waals surface area (Å²) >= 11 is 0. The van der Waals surface area contributed by atoms with Gasteiger partial charge in [0.05, 0.1) is 42.6 Å². The summed E-state index contributed by atoms with van der Waals surface area (Å²) in [5.74, 6) is 0.993. The van der Waals surface area contributed by atoms with Crippen molar-refractivity contribution in [3.8, 4) is 17.1 Å². The van der Waals surface area contributed by atoms with E-state index in [9.17, 15) is 0 Å². The van der Waals surface area contributed by atoms with Gasteiger partial charge in [-0.05, 0) is 49.1 Å². The van der Waals surface area contributed by atoms with E-state index in [4.69, 9.17) is 19.4 Å². The first-order valence-corrected chi connectivity index (χ1v) is 10.8. The van der Waals surface area contributed by atoms with E-state index < -0.39 is 0 Å². The van der Waals surface area contributed by atoms with Crippen molar-refractivity contribution in [2.24, 2.45) is 0 Å². The second kappa shape index (κ2) is 8.74. The molecule has 3 aromatic rings. The Morgan fingerprint density at radius 2 is 1.83 bits per heavy atom. The van der Waals surface area contributed by atoms with E-state index in [1.165, 1.54) is 11.1 Å². The number of rotatable bonds is 6. The molecule has 0 spiro atoms. The zero-order valence-electron chi connectivity index (χ0n) is 18.7. The van der Waals surface area contributed by atoms with E-state index in [0.29, 0.717) is 11.8 Å². The molecular formula is C24H32N4O2. The van der Waals surface area contributed by atoms with Crippen LogP contribution >= 0.6 is 0 Å². The monoisotopic (exact) mass is 408 g/mol. The van der Waals surface area contributed by atoms with Crippen molar-refractivity contribution in [3.63, 3.8) is 0 Å². The highest BCUT2D eigenvalue weighted by Gasteiger charge is 2.18. The lowest BCUT2D eigenvalue weighted by Gasteiger charge is -2.26. The molecule has 6 heteroatoms. The lowest BCUT2D eigenvalue weighted by Crippen LogP contribution is -2.38. The Morgan fingerprint density at radius 3 is 2.53 bits per heavy atom. The summed E-state index contributed by atoms with van der Waals surface area (Å²) in [6.07, 6.45) is 2.22. The number of hydrogen-bond donors (Lipinski definition) is 0. The number of pyridine rings is 2. The third kappa shape index (κ3) is 4.07. The molecule has 1 fully saturated rings. The smallest absolute Gasteiger partial charge is 0.222 e. The molecule has 0 amide bonds. The van der Waals surface area contributed by atoms with Gasteiger partial charge < -0.3 is 14.0 Å². The lowest BCUT2D eigenvalue weighted by atomic mass is 10.0. The van der Waals surface area contributed by atoms with E-state index in [1.54, 1.807) is 7.11 Å². The summed E-state index contributed by atoms with van der Waals surface area (Å²) < 4.78 is 13.4. The predicted octanol–water partition coefficient (Wildman–Crippen LogP) is 4.18. The van der Waals surface area contributed by atoms with Gasteiger partial charge in [-0.1, -0.05) is 13.8 Å². The standard InChI is InChI=1S/C24H32N4O2/c1-16(2)20-7-6-19(24(25-20)29-5)22-17(3)14-21-23(26-22)18(4)15-28(21)9-8-27-10-12-30-13-11-27/h6-7,14-16H,8-13H2,1-5H3.